The molecule has 0 radical (unpaired) electrons. The number of hydrogen-bond donors (Lipinski definition) is 2. The monoisotopic (exact) mass is 345 g/mol. The van der Waals surface area contributed by atoms with Crippen molar-refractivity contribution in [2.75, 3.05) is 10.5 Å². The van der Waals surface area contributed by atoms with Gasteiger partial charge in [-0.1, -0.05) is 29.3 Å². The summed E-state index contributed by atoms with van der Waals surface area (Å²) in [5, 5.41) is 0.171. The number of pyridine rings is 1. The molecule has 0 bridgehead atoms. The standard InChI is InChI=1S/C13H13Cl2N3O2S/c1-7-3-4-10(9(16)5-7)21(19,20)18-12-8(2)6-11(14)17-13(12)15/h3-6,18H,16H2,1-2H3. The molecule has 0 fully saturated rings. The summed E-state index contributed by atoms with van der Waals surface area (Å²) in [4.78, 5) is 3.81. The van der Waals surface area contributed by atoms with Gasteiger partial charge in [-0.05, 0) is 43.2 Å². The lowest BCUT2D eigenvalue weighted by atomic mass is 10.2. The van der Waals surface area contributed by atoms with E-state index in [1.807, 2.05) is 6.92 Å². The van der Waals surface area contributed by atoms with E-state index in [0.29, 0.717) is 5.56 Å². The second-order valence-corrected chi connectivity index (χ2v) is 6.97. The van der Waals surface area contributed by atoms with Crippen LogP contribution in [0.3, 0.4) is 0 Å². The lowest BCUT2D eigenvalue weighted by Crippen LogP contribution is -2.16. The Morgan fingerprint density at radius 1 is 1.19 bits per heavy atom. The molecule has 0 atom stereocenters. The Morgan fingerprint density at radius 3 is 2.43 bits per heavy atom. The Kier molecular flexibility index (Phi) is 4.32. The fourth-order valence-electron chi connectivity index (χ4n) is 1.82. The van der Waals surface area contributed by atoms with Gasteiger partial charge < -0.3 is 5.73 Å². The van der Waals surface area contributed by atoms with Gasteiger partial charge in [0.25, 0.3) is 10.0 Å². The van der Waals surface area contributed by atoms with Crippen LogP contribution in [0.4, 0.5) is 11.4 Å². The van der Waals surface area contributed by atoms with Crippen LogP contribution >= 0.6 is 23.2 Å². The highest BCUT2D eigenvalue weighted by Crippen LogP contribution is 2.30. The second-order valence-electron chi connectivity index (χ2n) is 4.57. The highest BCUT2D eigenvalue weighted by atomic mass is 35.5. The third-order valence-corrected chi connectivity index (χ3v) is 4.72. The number of aryl methyl sites for hydroxylation is 2. The Hall–Kier alpha value is -1.50. The molecule has 0 aliphatic heterocycles. The van der Waals surface area contributed by atoms with E-state index >= 15 is 0 Å². The van der Waals surface area contributed by atoms with Crippen molar-refractivity contribution in [3.63, 3.8) is 0 Å². The number of halogens is 2. The third kappa shape index (κ3) is 3.40. The van der Waals surface area contributed by atoms with E-state index in [2.05, 4.69) is 9.71 Å². The zero-order chi connectivity index (χ0) is 15.8. The maximum atomic E-state index is 12.4. The van der Waals surface area contributed by atoms with Gasteiger partial charge in [0.1, 0.15) is 10.0 Å². The molecule has 0 saturated heterocycles. The van der Waals surface area contributed by atoms with Crippen LogP contribution in [0.2, 0.25) is 10.3 Å². The summed E-state index contributed by atoms with van der Waals surface area (Å²) >= 11 is 11.7. The first-order chi connectivity index (χ1) is 9.70. The van der Waals surface area contributed by atoms with Crippen molar-refractivity contribution in [1.29, 1.82) is 0 Å². The van der Waals surface area contributed by atoms with Crippen molar-refractivity contribution in [1.82, 2.24) is 4.98 Å². The number of nitrogens with one attached hydrogen (secondary N) is 1. The molecular formula is C13H13Cl2N3O2S. The molecule has 2 rings (SSSR count). The summed E-state index contributed by atoms with van der Waals surface area (Å²) in [6, 6.07) is 6.21. The minimum absolute atomic E-state index is 0.0153. The molecule has 0 aliphatic carbocycles. The van der Waals surface area contributed by atoms with Crippen LogP contribution < -0.4 is 10.5 Å². The second kappa shape index (κ2) is 5.71. The van der Waals surface area contributed by atoms with Gasteiger partial charge in [0.15, 0.2) is 5.15 Å². The fourth-order valence-corrected chi connectivity index (χ4v) is 3.71. The zero-order valence-electron chi connectivity index (χ0n) is 11.3. The fraction of sp³-hybridized carbons (Fsp3) is 0.154. The van der Waals surface area contributed by atoms with Gasteiger partial charge in [0, 0.05) is 0 Å². The van der Waals surface area contributed by atoms with Crippen molar-refractivity contribution in [2.45, 2.75) is 18.7 Å². The summed E-state index contributed by atoms with van der Waals surface area (Å²) in [5.74, 6) is 0. The number of hydrogen-bond acceptors (Lipinski definition) is 4. The molecule has 112 valence electrons. The van der Waals surface area contributed by atoms with Crippen LogP contribution in [0.15, 0.2) is 29.2 Å². The number of nitrogen functional groups attached to an aromatic ring is 1. The first kappa shape index (κ1) is 15.9. The molecule has 5 nitrogen and oxygen atoms in total. The van der Waals surface area contributed by atoms with Crippen molar-refractivity contribution in [3.8, 4) is 0 Å². The molecule has 21 heavy (non-hydrogen) atoms. The average Bonchev–Trinajstić information content (AvgIpc) is 2.33. The highest BCUT2D eigenvalue weighted by molar-refractivity contribution is 7.92. The maximum absolute atomic E-state index is 12.4. The maximum Gasteiger partial charge on any atom is 0.264 e. The molecule has 2 aromatic rings. The number of anilines is 2. The SMILES string of the molecule is Cc1ccc(S(=O)(=O)Nc2c(C)cc(Cl)nc2Cl)c(N)c1. The number of rotatable bonds is 3. The van der Waals surface area contributed by atoms with Gasteiger partial charge in [-0.2, -0.15) is 0 Å². The van der Waals surface area contributed by atoms with Crippen LogP contribution in [0.5, 0.6) is 0 Å². The number of nitrogens with two attached hydrogens (primary N) is 1. The zero-order valence-corrected chi connectivity index (χ0v) is 13.6. The summed E-state index contributed by atoms with van der Waals surface area (Å²) in [7, 11) is -3.86. The lowest BCUT2D eigenvalue weighted by Gasteiger charge is -2.13. The van der Waals surface area contributed by atoms with E-state index in [1.165, 1.54) is 12.1 Å². The number of benzene rings is 1. The average molecular weight is 346 g/mol. The third-order valence-electron chi connectivity index (χ3n) is 2.83. The molecule has 0 aliphatic rings. The van der Waals surface area contributed by atoms with Crippen molar-refractivity contribution in [3.05, 3.63) is 45.7 Å². The van der Waals surface area contributed by atoms with Crippen molar-refractivity contribution < 1.29 is 8.42 Å². The van der Waals surface area contributed by atoms with Crippen molar-refractivity contribution in [2.24, 2.45) is 0 Å². The molecule has 1 heterocycles. The normalized spacial score (nSPS) is 11.4. The van der Waals surface area contributed by atoms with E-state index in [-0.39, 0.29) is 26.6 Å². The first-order valence-electron chi connectivity index (χ1n) is 5.92. The Bertz CT molecular complexity index is 784. The summed E-state index contributed by atoms with van der Waals surface area (Å²) in [5.41, 5.74) is 7.55. The van der Waals surface area contributed by atoms with E-state index in [0.717, 1.165) is 5.56 Å². The molecule has 0 saturated carbocycles. The van der Waals surface area contributed by atoms with Crippen LogP contribution in [-0.2, 0) is 10.0 Å². The molecular weight excluding hydrogens is 333 g/mol. The molecule has 8 heteroatoms. The molecule has 3 N–H and O–H groups in total. The van der Waals surface area contributed by atoms with Gasteiger partial charge in [-0.15, -0.1) is 0 Å². The smallest absolute Gasteiger partial charge is 0.264 e. The first-order valence-corrected chi connectivity index (χ1v) is 8.16. The van der Waals surface area contributed by atoms with Crippen LogP contribution in [0.25, 0.3) is 0 Å². The molecule has 0 unspecified atom stereocenters. The predicted molar refractivity (Wildman–Crippen MR) is 85.4 cm³/mol. The van der Waals surface area contributed by atoms with Gasteiger partial charge in [-0.3, -0.25) is 4.72 Å². The molecule has 0 spiro atoms. The summed E-state index contributed by atoms with van der Waals surface area (Å²) in [6.07, 6.45) is 0. The van der Waals surface area contributed by atoms with E-state index < -0.39 is 10.0 Å². The number of sulfonamides is 1. The van der Waals surface area contributed by atoms with E-state index in [9.17, 15) is 8.42 Å². The van der Waals surface area contributed by atoms with Crippen molar-refractivity contribution >= 4 is 44.6 Å². The minimum Gasteiger partial charge on any atom is -0.398 e. The lowest BCUT2D eigenvalue weighted by molar-refractivity contribution is 0.601. The molecule has 0 amide bonds. The summed E-state index contributed by atoms with van der Waals surface area (Å²) < 4.78 is 27.2. The van der Waals surface area contributed by atoms with Crippen LogP contribution in [-0.4, -0.2) is 13.4 Å². The van der Waals surface area contributed by atoms with Crippen LogP contribution in [0.1, 0.15) is 11.1 Å². The summed E-state index contributed by atoms with van der Waals surface area (Å²) in [6.45, 7) is 3.50. The quantitative estimate of drug-likeness (QED) is 0.659. The number of nitrogens with zero attached hydrogens (tertiary/aromatic N) is 1. The molecule has 1 aromatic carbocycles. The number of aromatic nitrogens is 1. The Morgan fingerprint density at radius 2 is 1.86 bits per heavy atom. The van der Waals surface area contributed by atoms with Gasteiger partial charge in [-0.25, -0.2) is 13.4 Å². The van der Waals surface area contributed by atoms with E-state index in [1.54, 1.807) is 19.1 Å². The largest absolute Gasteiger partial charge is 0.398 e. The van der Waals surface area contributed by atoms with Gasteiger partial charge in [0.05, 0.1) is 11.4 Å². The van der Waals surface area contributed by atoms with Gasteiger partial charge >= 0.3 is 0 Å². The topological polar surface area (TPSA) is 85.1 Å². The van der Waals surface area contributed by atoms with Gasteiger partial charge in [0.2, 0.25) is 0 Å². The van der Waals surface area contributed by atoms with Crippen LogP contribution in [0, 0.1) is 13.8 Å². The minimum atomic E-state index is -3.86. The molecule has 1 aromatic heterocycles. The van der Waals surface area contributed by atoms with E-state index in [4.69, 9.17) is 28.9 Å². The Labute approximate surface area is 133 Å². The highest BCUT2D eigenvalue weighted by Gasteiger charge is 2.20. The predicted octanol–water partition coefficient (Wildman–Crippen LogP) is 3.39. The Balaban J connectivity index is 2.47.